The number of nitrogens with one attached hydrogen (secondary N) is 1. The molecule has 1 aromatic heterocycles. The molecule has 116 valence electrons. The topological polar surface area (TPSA) is 80.4 Å². The molecule has 5 nitrogen and oxygen atoms in total. The third-order valence-corrected chi connectivity index (χ3v) is 3.66. The lowest BCUT2D eigenvalue weighted by Gasteiger charge is -2.12. The van der Waals surface area contributed by atoms with E-state index in [1.165, 1.54) is 6.21 Å². The van der Waals surface area contributed by atoms with Crippen LogP contribution in [0.3, 0.4) is 0 Å². The minimum atomic E-state index is -0.592. The van der Waals surface area contributed by atoms with Gasteiger partial charge in [0.25, 0.3) is 5.91 Å². The second-order valence-electron chi connectivity index (χ2n) is 5.57. The van der Waals surface area contributed by atoms with Crippen LogP contribution in [-0.2, 0) is 4.79 Å². The molecular formula is C16H19ClN4O. The summed E-state index contributed by atoms with van der Waals surface area (Å²) in [6.07, 6.45) is 1.47. The van der Waals surface area contributed by atoms with Gasteiger partial charge in [-0.05, 0) is 30.5 Å². The Hall–Kier alpha value is -1.98. The van der Waals surface area contributed by atoms with Crippen LogP contribution < -0.4 is 11.2 Å². The fraction of sp³-hybridized carbons (Fsp3) is 0.312. The Morgan fingerprint density at radius 1 is 1.41 bits per heavy atom. The number of hydrogen-bond acceptors (Lipinski definition) is 4. The van der Waals surface area contributed by atoms with Crippen molar-refractivity contribution in [2.75, 3.05) is 0 Å². The van der Waals surface area contributed by atoms with E-state index in [9.17, 15) is 4.79 Å². The fourth-order valence-corrected chi connectivity index (χ4v) is 2.10. The summed E-state index contributed by atoms with van der Waals surface area (Å²) in [5, 5.41) is 5.20. The van der Waals surface area contributed by atoms with Gasteiger partial charge in [0, 0.05) is 10.9 Å². The zero-order valence-corrected chi connectivity index (χ0v) is 13.6. The van der Waals surface area contributed by atoms with E-state index in [0.717, 1.165) is 16.5 Å². The Bertz CT molecular complexity index is 727. The van der Waals surface area contributed by atoms with Crippen LogP contribution in [0.15, 0.2) is 29.4 Å². The molecule has 1 amide bonds. The summed E-state index contributed by atoms with van der Waals surface area (Å²) in [6, 6.07) is 7.22. The molecule has 0 saturated heterocycles. The SMILES string of the molecule is Cc1ccc2cc(/C=N\NC(=O)[C@H](N)C(C)C)c(Cl)nc2c1. The monoisotopic (exact) mass is 318 g/mol. The second kappa shape index (κ2) is 6.85. The summed E-state index contributed by atoms with van der Waals surface area (Å²) in [5.41, 5.74) is 10.7. The first-order valence-corrected chi connectivity index (χ1v) is 7.41. The van der Waals surface area contributed by atoms with Crippen LogP contribution in [0.4, 0.5) is 0 Å². The number of hydrogen-bond donors (Lipinski definition) is 2. The number of fused-ring (bicyclic) bond motifs is 1. The van der Waals surface area contributed by atoms with Gasteiger partial charge in [0.1, 0.15) is 5.15 Å². The van der Waals surface area contributed by atoms with Crippen LogP contribution >= 0.6 is 11.6 Å². The predicted octanol–water partition coefficient (Wildman–Crippen LogP) is 2.63. The summed E-state index contributed by atoms with van der Waals surface area (Å²) >= 11 is 6.14. The van der Waals surface area contributed by atoms with E-state index in [2.05, 4.69) is 15.5 Å². The number of benzene rings is 1. The molecule has 1 aromatic carbocycles. The molecule has 22 heavy (non-hydrogen) atoms. The van der Waals surface area contributed by atoms with Crippen molar-refractivity contribution in [3.8, 4) is 0 Å². The van der Waals surface area contributed by atoms with Crippen LogP contribution in [0.1, 0.15) is 25.0 Å². The smallest absolute Gasteiger partial charge is 0.257 e. The highest BCUT2D eigenvalue weighted by Crippen LogP contribution is 2.20. The van der Waals surface area contributed by atoms with Crippen LogP contribution in [0, 0.1) is 12.8 Å². The summed E-state index contributed by atoms with van der Waals surface area (Å²) in [4.78, 5) is 16.0. The lowest BCUT2D eigenvalue weighted by molar-refractivity contribution is -0.123. The van der Waals surface area contributed by atoms with Crippen LogP contribution in [0.2, 0.25) is 5.15 Å². The summed E-state index contributed by atoms with van der Waals surface area (Å²) in [5.74, 6) is -0.281. The van der Waals surface area contributed by atoms with Crippen molar-refractivity contribution >= 4 is 34.6 Å². The van der Waals surface area contributed by atoms with Gasteiger partial charge in [-0.1, -0.05) is 37.6 Å². The molecule has 0 unspecified atom stereocenters. The Labute approximate surface area is 134 Å². The number of carbonyl (C=O) groups is 1. The molecule has 0 spiro atoms. The van der Waals surface area contributed by atoms with Gasteiger partial charge in [-0.3, -0.25) is 4.79 Å². The Kier molecular flexibility index (Phi) is 5.11. The molecule has 3 N–H and O–H groups in total. The van der Waals surface area contributed by atoms with Crippen LogP contribution in [-0.4, -0.2) is 23.1 Å². The van der Waals surface area contributed by atoms with E-state index in [1.807, 2.05) is 45.0 Å². The maximum Gasteiger partial charge on any atom is 0.257 e. The average Bonchev–Trinajstić information content (AvgIpc) is 2.46. The molecule has 1 atom stereocenters. The normalized spacial score (nSPS) is 13.0. The van der Waals surface area contributed by atoms with Crippen molar-refractivity contribution in [3.63, 3.8) is 0 Å². The number of hydrazone groups is 1. The van der Waals surface area contributed by atoms with E-state index in [0.29, 0.717) is 10.7 Å². The highest BCUT2D eigenvalue weighted by Gasteiger charge is 2.16. The first-order valence-electron chi connectivity index (χ1n) is 7.04. The zero-order chi connectivity index (χ0) is 16.3. The van der Waals surface area contributed by atoms with E-state index in [1.54, 1.807) is 0 Å². The van der Waals surface area contributed by atoms with Gasteiger partial charge in [-0.2, -0.15) is 5.10 Å². The van der Waals surface area contributed by atoms with E-state index in [-0.39, 0.29) is 11.8 Å². The summed E-state index contributed by atoms with van der Waals surface area (Å²) < 4.78 is 0. The number of halogens is 1. The van der Waals surface area contributed by atoms with Crippen molar-refractivity contribution in [2.45, 2.75) is 26.8 Å². The highest BCUT2D eigenvalue weighted by molar-refractivity contribution is 6.32. The number of nitrogens with zero attached hydrogens (tertiary/aromatic N) is 2. The maximum absolute atomic E-state index is 11.7. The molecule has 2 aromatic rings. The molecule has 0 aliphatic carbocycles. The lowest BCUT2D eigenvalue weighted by Crippen LogP contribution is -2.42. The first-order chi connectivity index (χ1) is 10.4. The number of aromatic nitrogens is 1. The fourth-order valence-electron chi connectivity index (χ4n) is 1.90. The van der Waals surface area contributed by atoms with Gasteiger partial charge >= 0.3 is 0 Å². The number of carbonyl (C=O) groups excluding carboxylic acids is 1. The number of nitrogens with two attached hydrogens (primary N) is 1. The largest absolute Gasteiger partial charge is 0.320 e. The number of amides is 1. The van der Waals surface area contributed by atoms with Crippen molar-refractivity contribution in [2.24, 2.45) is 16.8 Å². The zero-order valence-electron chi connectivity index (χ0n) is 12.8. The van der Waals surface area contributed by atoms with Gasteiger partial charge in [-0.15, -0.1) is 0 Å². The molecule has 6 heteroatoms. The average molecular weight is 319 g/mol. The predicted molar refractivity (Wildman–Crippen MR) is 90.0 cm³/mol. The minimum Gasteiger partial charge on any atom is -0.320 e. The van der Waals surface area contributed by atoms with E-state index >= 15 is 0 Å². The maximum atomic E-state index is 11.7. The van der Waals surface area contributed by atoms with Crippen molar-refractivity contribution in [3.05, 3.63) is 40.5 Å². The third-order valence-electron chi connectivity index (χ3n) is 3.35. The standard InChI is InChI=1S/C16H19ClN4O/c1-9(2)14(18)16(22)21-19-8-12-7-11-5-4-10(3)6-13(11)20-15(12)17/h4-9,14H,18H2,1-3H3,(H,21,22)/b19-8-/t14-/m1/s1. The molecule has 0 radical (unpaired) electrons. The quantitative estimate of drug-likeness (QED) is 0.516. The Balaban J connectivity index is 2.17. The van der Waals surface area contributed by atoms with Crippen LogP contribution in [0.5, 0.6) is 0 Å². The molecule has 0 saturated carbocycles. The van der Waals surface area contributed by atoms with Crippen molar-refractivity contribution in [1.82, 2.24) is 10.4 Å². The molecular weight excluding hydrogens is 300 g/mol. The minimum absolute atomic E-state index is 0.0457. The first kappa shape index (κ1) is 16.4. The van der Waals surface area contributed by atoms with Crippen molar-refractivity contribution < 1.29 is 4.79 Å². The molecule has 0 bridgehead atoms. The molecule has 2 rings (SSSR count). The number of pyridine rings is 1. The van der Waals surface area contributed by atoms with Gasteiger partial charge in [0.05, 0.1) is 17.8 Å². The Morgan fingerprint density at radius 2 is 2.14 bits per heavy atom. The molecule has 1 heterocycles. The summed E-state index contributed by atoms with van der Waals surface area (Å²) in [6.45, 7) is 5.75. The number of rotatable bonds is 4. The van der Waals surface area contributed by atoms with Gasteiger partial charge < -0.3 is 5.73 Å². The second-order valence-corrected chi connectivity index (χ2v) is 5.93. The molecule has 0 aliphatic heterocycles. The molecule has 0 fully saturated rings. The highest BCUT2D eigenvalue weighted by atomic mass is 35.5. The third kappa shape index (κ3) is 3.81. The summed E-state index contributed by atoms with van der Waals surface area (Å²) in [7, 11) is 0. The van der Waals surface area contributed by atoms with E-state index in [4.69, 9.17) is 17.3 Å². The molecule has 0 aliphatic rings. The van der Waals surface area contributed by atoms with Gasteiger partial charge in [0.2, 0.25) is 0 Å². The van der Waals surface area contributed by atoms with Crippen molar-refractivity contribution in [1.29, 1.82) is 0 Å². The van der Waals surface area contributed by atoms with Gasteiger partial charge in [-0.25, -0.2) is 10.4 Å². The van der Waals surface area contributed by atoms with Crippen LogP contribution in [0.25, 0.3) is 10.9 Å². The number of aryl methyl sites for hydroxylation is 1. The lowest BCUT2D eigenvalue weighted by atomic mass is 10.1. The Morgan fingerprint density at radius 3 is 2.82 bits per heavy atom. The van der Waals surface area contributed by atoms with Gasteiger partial charge in [0.15, 0.2) is 0 Å². The van der Waals surface area contributed by atoms with E-state index < -0.39 is 6.04 Å².